The van der Waals surface area contributed by atoms with Gasteiger partial charge in [-0.2, -0.15) is 18.3 Å². The number of rotatable bonds is 6. The summed E-state index contributed by atoms with van der Waals surface area (Å²) in [7, 11) is 0. The first-order chi connectivity index (χ1) is 18.2. The number of amides is 2. The van der Waals surface area contributed by atoms with Crippen LogP contribution in [0.3, 0.4) is 0 Å². The SMILES string of the molecule is O=C1S/C(=C\c2ccc3c(cnn3Cc3ccc(Cl)cc3C(F)(F)F)c2)C(=O)N1CCN1C[C@@H]2C[C@H]1CN2. The maximum absolute atomic E-state index is 13.5. The lowest BCUT2D eigenvalue weighted by Crippen LogP contribution is -2.46. The summed E-state index contributed by atoms with van der Waals surface area (Å²) in [5.41, 5.74) is 0.609. The molecule has 0 aliphatic carbocycles. The molecule has 3 aromatic rings. The molecule has 0 saturated carbocycles. The minimum Gasteiger partial charge on any atom is -0.311 e. The Bertz CT molecular complexity index is 1470. The van der Waals surface area contributed by atoms with Crippen molar-refractivity contribution in [1.82, 2.24) is 24.9 Å². The van der Waals surface area contributed by atoms with Gasteiger partial charge in [0.2, 0.25) is 0 Å². The average Bonchev–Trinajstić information content (AvgIpc) is 3.64. The fourth-order valence-electron chi connectivity index (χ4n) is 5.43. The van der Waals surface area contributed by atoms with Gasteiger partial charge in [-0.3, -0.25) is 24.1 Å². The van der Waals surface area contributed by atoms with Gasteiger partial charge in [0.25, 0.3) is 11.1 Å². The van der Waals surface area contributed by atoms with Gasteiger partial charge in [-0.25, -0.2) is 0 Å². The van der Waals surface area contributed by atoms with E-state index in [0.717, 1.165) is 37.3 Å². The van der Waals surface area contributed by atoms with Crippen LogP contribution in [-0.2, 0) is 17.5 Å². The Morgan fingerprint density at radius 3 is 2.74 bits per heavy atom. The summed E-state index contributed by atoms with van der Waals surface area (Å²) in [5.74, 6) is -0.305. The molecule has 1 aromatic heterocycles. The number of thioether (sulfide) groups is 1. The summed E-state index contributed by atoms with van der Waals surface area (Å²) < 4.78 is 42.0. The second-order valence-corrected chi connectivity index (χ2v) is 11.2. The van der Waals surface area contributed by atoms with Crippen LogP contribution >= 0.6 is 23.4 Å². The highest BCUT2D eigenvalue weighted by atomic mass is 35.5. The largest absolute Gasteiger partial charge is 0.416 e. The molecular formula is C26H23ClF3N5O2S. The molecule has 2 atom stereocenters. The second-order valence-electron chi connectivity index (χ2n) is 9.74. The number of imide groups is 1. The number of piperazine rings is 1. The van der Waals surface area contributed by atoms with E-state index in [0.29, 0.717) is 46.5 Å². The number of likely N-dealkylation sites (tertiary alicyclic amines) is 1. The number of hydrogen-bond donors (Lipinski definition) is 1. The molecule has 2 aromatic carbocycles. The normalized spacial score (nSPS) is 23.1. The highest BCUT2D eigenvalue weighted by Gasteiger charge is 2.40. The van der Waals surface area contributed by atoms with E-state index in [9.17, 15) is 22.8 Å². The van der Waals surface area contributed by atoms with E-state index >= 15 is 0 Å². The lowest BCUT2D eigenvalue weighted by Gasteiger charge is -2.28. The minimum atomic E-state index is -4.54. The van der Waals surface area contributed by atoms with Gasteiger partial charge >= 0.3 is 6.18 Å². The Hall–Kier alpha value is -2.86. The molecule has 2 amide bonds. The van der Waals surface area contributed by atoms with Gasteiger partial charge in [0.05, 0.1) is 28.7 Å². The fourth-order valence-corrected chi connectivity index (χ4v) is 6.46. The average molecular weight is 562 g/mol. The number of aromatic nitrogens is 2. The number of nitrogens with one attached hydrogen (secondary N) is 1. The summed E-state index contributed by atoms with van der Waals surface area (Å²) in [6.45, 7) is 2.85. The van der Waals surface area contributed by atoms with Crippen molar-refractivity contribution in [3.63, 3.8) is 0 Å². The molecule has 38 heavy (non-hydrogen) atoms. The first kappa shape index (κ1) is 25.4. The molecule has 198 valence electrons. The molecule has 3 saturated heterocycles. The third kappa shape index (κ3) is 4.84. The van der Waals surface area contributed by atoms with Crippen molar-refractivity contribution in [3.8, 4) is 0 Å². The van der Waals surface area contributed by atoms with Crippen molar-refractivity contribution in [3.05, 3.63) is 69.2 Å². The second kappa shape index (κ2) is 9.71. The molecule has 12 heteroatoms. The van der Waals surface area contributed by atoms with Crippen LogP contribution in [-0.4, -0.2) is 69.0 Å². The Balaban J connectivity index is 1.17. The number of hydrogen-bond acceptors (Lipinski definition) is 6. The van der Waals surface area contributed by atoms with E-state index in [1.165, 1.54) is 21.7 Å². The van der Waals surface area contributed by atoms with Crippen LogP contribution in [0.5, 0.6) is 0 Å². The Kier molecular flexibility index (Phi) is 6.50. The summed E-state index contributed by atoms with van der Waals surface area (Å²) in [4.78, 5) is 29.5. The third-order valence-electron chi connectivity index (χ3n) is 7.32. The fraction of sp³-hybridized carbons (Fsp3) is 0.346. The van der Waals surface area contributed by atoms with E-state index < -0.39 is 11.7 Å². The first-order valence-electron chi connectivity index (χ1n) is 12.2. The lowest BCUT2D eigenvalue weighted by molar-refractivity contribution is -0.138. The highest BCUT2D eigenvalue weighted by Crippen LogP contribution is 2.35. The van der Waals surface area contributed by atoms with Gasteiger partial charge in [0.1, 0.15) is 0 Å². The molecule has 6 rings (SSSR count). The van der Waals surface area contributed by atoms with Crippen molar-refractivity contribution < 1.29 is 22.8 Å². The van der Waals surface area contributed by atoms with E-state index in [2.05, 4.69) is 15.3 Å². The van der Waals surface area contributed by atoms with Crippen LogP contribution in [0.15, 0.2) is 47.5 Å². The Labute approximate surface area is 225 Å². The van der Waals surface area contributed by atoms with Gasteiger partial charge in [0.15, 0.2) is 0 Å². The van der Waals surface area contributed by atoms with Crippen LogP contribution in [0.1, 0.15) is 23.1 Å². The standard InChI is InChI=1S/C26H23ClF3N5O2S/c27-18-3-2-16(21(9-18)26(28,29)30)13-35-22-4-1-15(7-17(22)11-32-35)8-23-24(36)34(25(37)38-23)6-5-33-14-19-10-20(33)12-31-19/h1-4,7-9,11,19-20,31H,5-6,10,12-14H2/b23-8-/t19-,20-/m0/s1. The van der Waals surface area contributed by atoms with Gasteiger partial charge in [0, 0.05) is 48.7 Å². The monoisotopic (exact) mass is 561 g/mol. The lowest BCUT2D eigenvalue weighted by atomic mass is 10.1. The molecule has 7 nitrogen and oxygen atoms in total. The zero-order valence-electron chi connectivity index (χ0n) is 20.0. The van der Waals surface area contributed by atoms with E-state index in [1.807, 2.05) is 0 Å². The molecule has 0 radical (unpaired) electrons. The summed E-state index contributed by atoms with van der Waals surface area (Å²) >= 11 is 6.72. The van der Waals surface area contributed by atoms with Gasteiger partial charge in [-0.15, -0.1) is 0 Å². The van der Waals surface area contributed by atoms with Gasteiger partial charge < -0.3 is 5.32 Å². The quantitative estimate of drug-likeness (QED) is 0.434. The smallest absolute Gasteiger partial charge is 0.311 e. The molecule has 4 heterocycles. The van der Waals surface area contributed by atoms with Crippen molar-refractivity contribution >= 4 is 51.5 Å². The summed E-state index contributed by atoms with van der Waals surface area (Å²) in [6, 6.07) is 9.99. The molecule has 3 aliphatic heterocycles. The van der Waals surface area contributed by atoms with Crippen molar-refractivity contribution in [2.75, 3.05) is 26.2 Å². The van der Waals surface area contributed by atoms with E-state index in [1.54, 1.807) is 30.5 Å². The molecule has 1 N–H and O–H groups in total. The van der Waals surface area contributed by atoms with Crippen LogP contribution in [0.25, 0.3) is 17.0 Å². The zero-order valence-corrected chi connectivity index (χ0v) is 21.6. The van der Waals surface area contributed by atoms with Gasteiger partial charge in [-0.1, -0.05) is 23.7 Å². The molecule has 0 spiro atoms. The summed E-state index contributed by atoms with van der Waals surface area (Å²) in [6.07, 6.45) is -0.181. The van der Waals surface area contributed by atoms with Gasteiger partial charge in [-0.05, 0) is 59.7 Å². The molecule has 0 unspecified atom stereocenters. The Morgan fingerprint density at radius 2 is 2.00 bits per heavy atom. The molecule has 2 bridgehead atoms. The molecular weight excluding hydrogens is 539 g/mol. The van der Waals surface area contributed by atoms with Crippen LogP contribution in [0, 0.1) is 0 Å². The zero-order chi connectivity index (χ0) is 26.6. The third-order valence-corrected chi connectivity index (χ3v) is 8.46. The number of halogens is 4. The van der Waals surface area contributed by atoms with E-state index in [-0.39, 0.29) is 28.3 Å². The maximum Gasteiger partial charge on any atom is 0.416 e. The van der Waals surface area contributed by atoms with Crippen LogP contribution in [0.4, 0.5) is 18.0 Å². The predicted molar refractivity (Wildman–Crippen MR) is 140 cm³/mol. The van der Waals surface area contributed by atoms with Crippen molar-refractivity contribution in [2.24, 2.45) is 0 Å². The maximum atomic E-state index is 13.5. The topological polar surface area (TPSA) is 70.5 Å². The number of carbonyl (C=O) groups excluding carboxylic acids is 2. The molecule has 3 aliphatic rings. The number of benzene rings is 2. The molecule has 3 fully saturated rings. The van der Waals surface area contributed by atoms with E-state index in [4.69, 9.17) is 11.6 Å². The predicted octanol–water partition coefficient (Wildman–Crippen LogP) is 4.84. The number of carbonyl (C=O) groups is 2. The van der Waals surface area contributed by atoms with Crippen LogP contribution < -0.4 is 5.32 Å². The number of alkyl halides is 3. The van der Waals surface area contributed by atoms with Crippen LogP contribution in [0.2, 0.25) is 5.02 Å². The highest BCUT2D eigenvalue weighted by molar-refractivity contribution is 8.18. The first-order valence-corrected chi connectivity index (χ1v) is 13.4. The minimum absolute atomic E-state index is 0.0146. The number of nitrogens with zero attached hydrogens (tertiary/aromatic N) is 4. The van der Waals surface area contributed by atoms with Crippen molar-refractivity contribution in [2.45, 2.75) is 31.2 Å². The van der Waals surface area contributed by atoms with Crippen molar-refractivity contribution in [1.29, 1.82) is 0 Å². The Morgan fingerprint density at radius 1 is 1.16 bits per heavy atom. The number of fused-ring (bicyclic) bond motifs is 3. The summed E-state index contributed by atoms with van der Waals surface area (Å²) in [5, 5.41) is 8.17.